The van der Waals surface area contributed by atoms with Crippen LogP contribution in [0, 0.1) is 5.41 Å². The summed E-state index contributed by atoms with van der Waals surface area (Å²) >= 11 is 0. The normalized spacial score (nSPS) is 21.0. The van der Waals surface area contributed by atoms with Crippen LogP contribution in [0.2, 0.25) is 0 Å². The SMILES string of the molecule is CCCC(c1nc2ccc(N3CCC(c4cccc(O)c4)(N(C)C)CC3)cc2c(=O)n1CC)N1CC2(CNC2)C1. The van der Waals surface area contributed by atoms with Gasteiger partial charge in [-0.3, -0.25) is 19.2 Å². The van der Waals surface area contributed by atoms with Gasteiger partial charge in [-0.25, -0.2) is 4.98 Å². The molecule has 0 radical (unpaired) electrons. The molecule has 1 spiro atoms. The fraction of sp³-hybridized carbons (Fsp3) is 0.562. The zero-order valence-electron chi connectivity index (χ0n) is 24.5. The number of benzene rings is 2. The van der Waals surface area contributed by atoms with Gasteiger partial charge in [-0.1, -0.05) is 25.5 Å². The van der Waals surface area contributed by atoms with Gasteiger partial charge in [-0.15, -0.1) is 0 Å². The quantitative estimate of drug-likeness (QED) is 0.445. The number of aromatic nitrogens is 2. The largest absolute Gasteiger partial charge is 0.508 e. The third kappa shape index (κ3) is 4.50. The van der Waals surface area contributed by atoms with Crippen LogP contribution in [0.25, 0.3) is 10.9 Å². The zero-order chi connectivity index (χ0) is 28.1. The molecule has 3 saturated heterocycles. The van der Waals surface area contributed by atoms with Crippen LogP contribution in [0.1, 0.15) is 57.0 Å². The average Bonchev–Trinajstić information content (AvgIpc) is 2.90. The summed E-state index contributed by atoms with van der Waals surface area (Å²) in [5.74, 6) is 1.24. The first-order valence-corrected chi connectivity index (χ1v) is 15.0. The molecule has 214 valence electrons. The number of fused-ring (bicyclic) bond motifs is 1. The van der Waals surface area contributed by atoms with Crippen LogP contribution in [0.5, 0.6) is 5.75 Å². The van der Waals surface area contributed by atoms with Crippen LogP contribution in [-0.4, -0.2) is 77.8 Å². The molecule has 8 nitrogen and oxygen atoms in total. The second kappa shape index (κ2) is 10.5. The molecule has 2 N–H and O–H groups in total. The molecule has 6 rings (SSSR count). The second-order valence-electron chi connectivity index (χ2n) is 12.5. The van der Waals surface area contributed by atoms with Crippen molar-refractivity contribution >= 4 is 16.6 Å². The molecule has 8 heteroatoms. The molecular formula is C32H44N6O2. The summed E-state index contributed by atoms with van der Waals surface area (Å²) in [7, 11) is 4.25. The van der Waals surface area contributed by atoms with Crippen molar-refractivity contribution in [2.75, 3.05) is 58.3 Å². The van der Waals surface area contributed by atoms with Gasteiger partial charge in [0.2, 0.25) is 0 Å². The fourth-order valence-electron chi connectivity index (χ4n) is 7.39. The number of likely N-dealkylation sites (tertiary alicyclic amines) is 1. The Hall–Kier alpha value is -2.94. The van der Waals surface area contributed by atoms with E-state index in [1.807, 2.05) is 16.7 Å². The third-order valence-electron chi connectivity index (χ3n) is 9.86. The van der Waals surface area contributed by atoms with E-state index >= 15 is 0 Å². The summed E-state index contributed by atoms with van der Waals surface area (Å²) in [5, 5.41) is 14.3. The second-order valence-corrected chi connectivity index (χ2v) is 12.5. The minimum Gasteiger partial charge on any atom is -0.508 e. The highest BCUT2D eigenvalue weighted by Gasteiger charge is 2.50. The highest BCUT2D eigenvalue weighted by molar-refractivity contribution is 5.82. The van der Waals surface area contributed by atoms with Crippen LogP contribution in [0.15, 0.2) is 47.3 Å². The average molecular weight is 545 g/mol. The smallest absolute Gasteiger partial charge is 0.261 e. The molecule has 40 heavy (non-hydrogen) atoms. The van der Waals surface area contributed by atoms with Crippen molar-refractivity contribution in [3.05, 3.63) is 64.2 Å². The number of phenolic OH excluding ortho intramolecular Hbond substituents is 1. The Balaban J connectivity index is 1.28. The van der Waals surface area contributed by atoms with E-state index in [1.165, 1.54) is 0 Å². The summed E-state index contributed by atoms with van der Waals surface area (Å²) in [4.78, 5) is 26.3. The molecule has 0 amide bonds. The molecule has 3 aromatic rings. The third-order valence-corrected chi connectivity index (χ3v) is 9.86. The first kappa shape index (κ1) is 27.2. The van der Waals surface area contributed by atoms with Crippen molar-refractivity contribution in [3.63, 3.8) is 0 Å². The van der Waals surface area contributed by atoms with Crippen LogP contribution >= 0.6 is 0 Å². The van der Waals surface area contributed by atoms with Gasteiger partial charge in [0.05, 0.1) is 16.9 Å². The first-order valence-electron chi connectivity index (χ1n) is 15.0. The van der Waals surface area contributed by atoms with Crippen LogP contribution < -0.4 is 15.8 Å². The fourth-order valence-corrected chi connectivity index (χ4v) is 7.39. The molecule has 4 heterocycles. The van der Waals surface area contributed by atoms with Crippen LogP contribution in [0.4, 0.5) is 5.69 Å². The molecule has 0 bridgehead atoms. The topological polar surface area (TPSA) is 76.9 Å². The van der Waals surface area contributed by atoms with Gasteiger partial charge in [0.1, 0.15) is 11.6 Å². The van der Waals surface area contributed by atoms with E-state index in [-0.39, 0.29) is 17.1 Å². The molecule has 3 aliphatic heterocycles. The number of hydrogen-bond donors (Lipinski definition) is 2. The Morgan fingerprint density at radius 2 is 1.82 bits per heavy atom. The monoisotopic (exact) mass is 544 g/mol. The van der Waals surface area contributed by atoms with Crippen LogP contribution in [0.3, 0.4) is 0 Å². The lowest BCUT2D eigenvalue weighted by Crippen LogP contribution is -2.71. The summed E-state index contributed by atoms with van der Waals surface area (Å²) in [6, 6.07) is 14.1. The summed E-state index contributed by atoms with van der Waals surface area (Å²) in [5.41, 5.74) is 3.42. The van der Waals surface area contributed by atoms with Crippen LogP contribution in [-0.2, 0) is 12.1 Å². The Kier molecular flexibility index (Phi) is 7.13. The zero-order valence-corrected chi connectivity index (χ0v) is 24.5. The minimum atomic E-state index is -0.128. The predicted octanol–water partition coefficient (Wildman–Crippen LogP) is 3.93. The first-order chi connectivity index (χ1) is 19.3. The van der Waals surface area contributed by atoms with Gasteiger partial charge in [0.15, 0.2) is 0 Å². The maximum Gasteiger partial charge on any atom is 0.261 e. The standard InChI is InChI=1S/C32H44N6O2/c1-5-8-28(37-21-31(22-37)19-33-20-31)29-34-27-12-11-24(18-26(27)30(40)38(29)6-2)36-15-13-32(14-16-36,35(3)4)23-9-7-10-25(39)17-23/h7,9-12,17-18,28,33,39H,5-6,8,13-16,19-22H2,1-4H3. The number of aromatic hydroxyl groups is 1. The van der Waals surface area contributed by atoms with Gasteiger partial charge in [-0.2, -0.15) is 0 Å². The van der Waals surface area contributed by atoms with Gasteiger partial charge in [-0.05, 0) is 76.2 Å². The summed E-state index contributed by atoms with van der Waals surface area (Å²) in [6.45, 7) is 11.0. The number of piperidine rings is 1. The summed E-state index contributed by atoms with van der Waals surface area (Å²) in [6.07, 6.45) is 3.95. The van der Waals surface area contributed by atoms with Crippen molar-refractivity contribution in [1.29, 1.82) is 0 Å². The Labute approximate surface area is 237 Å². The molecule has 1 unspecified atom stereocenters. The maximum atomic E-state index is 13.9. The lowest BCUT2D eigenvalue weighted by molar-refractivity contribution is -0.0706. The van der Waals surface area contributed by atoms with E-state index in [0.29, 0.717) is 23.1 Å². The molecule has 0 saturated carbocycles. The molecule has 1 atom stereocenters. The molecule has 2 aromatic carbocycles. The summed E-state index contributed by atoms with van der Waals surface area (Å²) < 4.78 is 1.92. The van der Waals surface area contributed by atoms with E-state index in [9.17, 15) is 9.90 Å². The Morgan fingerprint density at radius 3 is 2.42 bits per heavy atom. The van der Waals surface area contributed by atoms with E-state index in [4.69, 9.17) is 4.98 Å². The number of nitrogens with one attached hydrogen (secondary N) is 1. The van der Waals surface area contributed by atoms with Gasteiger partial charge >= 0.3 is 0 Å². The van der Waals surface area contributed by atoms with Crippen molar-refractivity contribution in [2.24, 2.45) is 5.41 Å². The number of rotatable bonds is 8. The minimum absolute atomic E-state index is 0.0745. The number of nitrogens with zero attached hydrogens (tertiary/aromatic N) is 5. The Bertz CT molecular complexity index is 1430. The number of phenols is 1. The van der Waals surface area contributed by atoms with E-state index < -0.39 is 0 Å². The maximum absolute atomic E-state index is 13.9. The van der Waals surface area contributed by atoms with Crippen molar-refractivity contribution in [1.82, 2.24) is 24.7 Å². The highest BCUT2D eigenvalue weighted by Crippen LogP contribution is 2.42. The van der Waals surface area contributed by atoms with E-state index in [0.717, 1.165) is 87.5 Å². The molecule has 1 aromatic heterocycles. The number of hydrogen-bond acceptors (Lipinski definition) is 7. The number of anilines is 1. The van der Waals surface area contributed by atoms with Gasteiger partial charge in [0.25, 0.3) is 5.56 Å². The van der Waals surface area contributed by atoms with E-state index in [1.54, 1.807) is 6.07 Å². The predicted molar refractivity (Wildman–Crippen MR) is 161 cm³/mol. The lowest BCUT2D eigenvalue weighted by atomic mass is 9.73. The highest BCUT2D eigenvalue weighted by atomic mass is 16.3. The molecular weight excluding hydrogens is 500 g/mol. The van der Waals surface area contributed by atoms with Crippen molar-refractivity contribution in [3.8, 4) is 5.75 Å². The van der Waals surface area contributed by atoms with Crippen molar-refractivity contribution in [2.45, 2.75) is 57.7 Å². The van der Waals surface area contributed by atoms with Gasteiger partial charge in [0, 0.05) is 62.5 Å². The van der Waals surface area contributed by atoms with Gasteiger partial charge < -0.3 is 15.3 Å². The molecule has 3 aliphatic rings. The molecule has 0 aliphatic carbocycles. The van der Waals surface area contributed by atoms with Crippen molar-refractivity contribution < 1.29 is 5.11 Å². The molecule has 3 fully saturated rings. The Morgan fingerprint density at radius 1 is 1.07 bits per heavy atom. The lowest BCUT2D eigenvalue weighted by Gasteiger charge is -2.58. The van der Waals surface area contributed by atoms with E-state index in [2.05, 4.69) is 72.2 Å².